The number of hydrogen-bond acceptors (Lipinski definition) is 6. The number of sulfonamides is 1. The third-order valence-corrected chi connectivity index (χ3v) is 7.89. The predicted molar refractivity (Wildman–Crippen MR) is 145 cm³/mol. The van der Waals surface area contributed by atoms with Crippen LogP contribution in [-0.4, -0.2) is 35.1 Å². The largest absolute Gasteiger partial charge is 0.443 e. The van der Waals surface area contributed by atoms with Crippen LogP contribution in [0.15, 0.2) is 101 Å². The molecule has 42 heavy (non-hydrogen) atoms. The average Bonchev–Trinajstić information content (AvgIpc) is 3.40. The lowest BCUT2D eigenvalue weighted by Gasteiger charge is -2.20. The standard InChI is InChI=1S/C29H22F4N4O4S/c30-23-7-9-26-21(12-23)14-28(41-26)42(39,40)37(17-19-4-2-1-3-5-19)18-27(38)36-16-24-13-20(10-11-34-24)25-8-6-22(15-35-25)29(31,32)33/h1-15H,16-18H2,(H,36,38). The van der Waals surface area contributed by atoms with E-state index >= 15 is 0 Å². The number of halogens is 4. The van der Waals surface area contributed by atoms with E-state index in [0.29, 0.717) is 16.8 Å². The quantitative estimate of drug-likeness (QED) is 0.223. The molecular formula is C29H22F4N4O4S. The maximum absolute atomic E-state index is 13.7. The first-order valence-electron chi connectivity index (χ1n) is 12.5. The number of hydrogen-bond donors (Lipinski definition) is 1. The molecule has 5 rings (SSSR count). The summed E-state index contributed by atoms with van der Waals surface area (Å²) in [6, 6.07) is 18.7. The van der Waals surface area contributed by atoms with Gasteiger partial charge >= 0.3 is 6.18 Å². The normalized spacial score (nSPS) is 12.1. The minimum absolute atomic E-state index is 0.0869. The molecule has 0 radical (unpaired) electrons. The lowest BCUT2D eigenvalue weighted by atomic mass is 10.1. The van der Waals surface area contributed by atoms with Gasteiger partial charge in [-0.05, 0) is 48.0 Å². The molecule has 0 aliphatic heterocycles. The second-order valence-corrected chi connectivity index (χ2v) is 11.1. The molecule has 0 saturated heterocycles. The zero-order chi connectivity index (χ0) is 29.9. The number of nitrogens with one attached hydrogen (secondary N) is 1. The highest BCUT2D eigenvalue weighted by molar-refractivity contribution is 7.89. The molecule has 0 bridgehead atoms. The van der Waals surface area contributed by atoms with Gasteiger partial charge in [0.25, 0.3) is 10.0 Å². The zero-order valence-corrected chi connectivity index (χ0v) is 22.5. The van der Waals surface area contributed by atoms with Gasteiger partial charge in [0.05, 0.1) is 30.0 Å². The number of rotatable bonds is 9. The minimum Gasteiger partial charge on any atom is -0.443 e. The van der Waals surface area contributed by atoms with E-state index in [1.54, 1.807) is 42.5 Å². The molecule has 0 aliphatic rings. The first-order valence-corrected chi connectivity index (χ1v) is 13.9. The van der Waals surface area contributed by atoms with Crippen molar-refractivity contribution in [1.29, 1.82) is 0 Å². The van der Waals surface area contributed by atoms with Crippen LogP contribution in [-0.2, 0) is 34.1 Å². The number of amides is 1. The van der Waals surface area contributed by atoms with Gasteiger partial charge in [-0.2, -0.15) is 17.5 Å². The van der Waals surface area contributed by atoms with Crippen molar-refractivity contribution >= 4 is 26.9 Å². The number of carbonyl (C=O) groups excluding carboxylic acids is 1. The van der Waals surface area contributed by atoms with Crippen LogP contribution in [0.3, 0.4) is 0 Å². The Labute approximate surface area is 237 Å². The van der Waals surface area contributed by atoms with Crippen molar-refractivity contribution in [3.63, 3.8) is 0 Å². The molecule has 0 spiro atoms. The summed E-state index contributed by atoms with van der Waals surface area (Å²) in [5.74, 6) is -1.20. The Morgan fingerprint density at radius 1 is 0.952 bits per heavy atom. The number of aromatic nitrogens is 2. The topological polar surface area (TPSA) is 105 Å². The van der Waals surface area contributed by atoms with E-state index in [1.165, 1.54) is 24.4 Å². The molecule has 5 aromatic rings. The minimum atomic E-state index is -4.51. The Balaban J connectivity index is 1.32. The summed E-state index contributed by atoms with van der Waals surface area (Å²) >= 11 is 0. The van der Waals surface area contributed by atoms with Gasteiger partial charge in [-0.25, -0.2) is 12.8 Å². The zero-order valence-electron chi connectivity index (χ0n) is 21.7. The van der Waals surface area contributed by atoms with Crippen molar-refractivity contribution in [3.8, 4) is 11.3 Å². The summed E-state index contributed by atoms with van der Waals surface area (Å²) in [6.07, 6.45) is -2.35. The molecular weight excluding hydrogens is 576 g/mol. The Morgan fingerprint density at radius 3 is 2.45 bits per heavy atom. The maximum Gasteiger partial charge on any atom is 0.417 e. The van der Waals surface area contributed by atoms with Crippen LogP contribution in [0.2, 0.25) is 0 Å². The van der Waals surface area contributed by atoms with Gasteiger partial charge < -0.3 is 9.73 Å². The molecule has 0 fully saturated rings. The fraction of sp³-hybridized carbons (Fsp3) is 0.138. The summed E-state index contributed by atoms with van der Waals surface area (Å²) in [4.78, 5) is 21.0. The van der Waals surface area contributed by atoms with Gasteiger partial charge in [0.2, 0.25) is 11.0 Å². The molecule has 8 nitrogen and oxygen atoms in total. The molecule has 216 valence electrons. The molecule has 3 heterocycles. The molecule has 3 aromatic heterocycles. The number of fused-ring (bicyclic) bond motifs is 1. The van der Waals surface area contributed by atoms with Crippen molar-refractivity contribution in [3.05, 3.63) is 114 Å². The van der Waals surface area contributed by atoms with Gasteiger partial charge in [0.15, 0.2) is 0 Å². The van der Waals surface area contributed by atoms with Gasteiger partial charge in [-0.15, -0.1) is 0 Å². The average molecular weight is 599 g/mol. The van der Waals surface area contributed by atoms with Crippen LogP contribution in [0.25, 0.3) is 22.2 Å². The molecule has 0 unspecified atom stereocenters. The van der Waals surface area contributed by atoms with E-state index in [-0.39, 0.29) is 29.8 Å². The van der Waals surface area contributed by atoms with Crippen molar-refractivity contribution in [2.24, 2.45) is 0 Å². The highest BCUT2D eigenvalue weighted by Gasteiger charge is 2.31. The van der Waals surface area contributed by atoms with E-state index in [0.717, 1.165) is 28.7 Å². The first-order chi connectivity index (χ1) is 20.0. The SMILES string of the molecule is O=C(CN(Cc1ccccc1)S(=O)(=O)c1cc2cc(F)ccc2o1)NCc1cc(-c2ccc(C(F)(F)F)cn2)ccn1. The summed E-state index contributed by atoms with van der Waals surface area (Å²) in [5.41, 5.74) is 1.06. The van der Waals surface area contributed by atoms with Crippen molar-refractivity contribution in [2.75, 3.05) is 6.54 Å². The summed E-state index contributed by atoms with van der Waals surface area (Å²) in [5, 5.41) is 2.44. The summed E-state index contributed by atoms with van der Waals surface area (Å²) < 4.78 is 85.8. The van der Waals surface area contributed by atoms with Crippen molar-refractivity contribution < 1.29 is 35.2 Å². The lowest BCUT2D eigenvalue weighted by Crippen LogP contribution is -2.40. The Kier molecular flexibility index (Phi) is 8.05. The fourth-order valence-electron chi connectivity index (χ4n) is 4.13. The lowest BCUT2D eigenvalue weighted by molar-refractivity contribution is -0.137. The molecule has 2 aromatic carbocycles. The highest BCUT2D eigenvalue weighted by Crippen LogP contribution is 2.30. The van der Waals surface area contributed by atoms with Crippen LogP contribution in [0, 0.1) is 5.82 Å². The van der Waals surface area contributed by atoms with Gasteiger partial charge in [-0.1, -0.05) is 30.3 Å². The molecule has 1 N–H and O–H groups in total. The van der Waals surface area contributed by atoms with Crippen LogP contribution in [0.5, 0.6) is 0 Å². The third kappa shape index (κ3) is 6.64. The number of alkyl halides is 3. The Morgan fingerprint density at radius 2 is 1.74 bits per heavy atom. The van der Waals surface area contributed by atoms with Crippen LogP contribution in [0.4, 0.5) is 17.6 Å². The first kappa shape index (κ1) is 28.9. The van der Waals surface area contributed by atoms with E-state index in [9.17, 15) is 30.8 Å². The Hall–Kier alpha value is -4.62. The monoisotopic (exact) mass is 598 g/mol. The predicted octanol–water partition coefficient (Wildman–Crippen LogP) is 5.56. The molecule has 0 atom stereocenters. The summed E-state index contributed by atoms with van der Waals surface area (Å²) in [6.45, 7) is -0.797. The number of furan rings is 1. The number of pyridine rings is 2. The van der Waals surface area contributed by atoms with E-state index in [1.807, 2.05) is 0 Å². The second-order valence-electron chi connectivity index (χ2n) is 9.25. The number of nitrogens with zero attached hydrogens (tertiary/aromatic N) is 3. The van der Waals surface area contributed by atoms with E-state index in [2.05, 4.69) is 15.3 Å². The van der Waals surface area contributed by atoms with Crippen molar-refractivity contribution in [2.45, 2.75) is 24.4 Å². The van der Waals surface area contributed by atoms with Gasteiger partial charge in [0, 0.05) is 36.0 Å². The third-order valence-electron chi connectivity index (χ3n) is 6.24. The smallest absolute Gasteiger partial charge is 0.417 e. The summed E-state index contributed by atoms with van der Waals surface area (Å²) in [7, 11) is -4.33. The van der Waals surface area contributed by atoms with Gasteiger partial charge in [0.1, 0.15) is 11.4 Å². The molecule has 1 amide bonds. The molecule has 0 aliphatic carbocycles. The highest BCUT2D eigenvalue weighted by atomic mass is 32.2. The second kappa shape index (κ2) is 11.7. The Bertz CT molecular complexity index is 1830. The number of carbonyl (C=O) groups is 1. The van der Waals surface area contributed by atoms with E-state index < -0.39 is 45.1 Å². The number of benzene rings is 2. The van der Waals surface area contributed by atoms with Crippen LogP contribution < -0.4 is 5.32 Å². The molecule has 0 saturated carbocycles. The van der Waals surface area contributed by atoms with Gasteiger partial charge in [-0.3, -0.25) is 14.8 Å². The van der Waals surface area contributed by atoms with Crippen LogP contribution in [0.1, 0.15) is 16.8 Å². The van der Waals surface area contributed by atoms with E-state index in [4.69, 9.17) is 4.42 Å². The fourth-order valence-corrected chi connectivity index (χ4v) is 5.46. The van der Waals surface area contributed by atoms with Crippen molar-refractivity contribution in [1.82, 2.24) is 19.6 Å². The van der Waals surface area contributed by atoms with Crippen LogP contribution >= 0.6 is 0 Å². The molecule has 13 heteroatoms. The maximum atomic E-state index is 13.7.